The highest BCUT2D eigenvalue weighted by molar-refractivity contribution is 5.97. The first-order valence-electron chi connectivity index (χ1n) is 14.2. The van der Waals surface area contributed by atoms with Crippen molar-refractivity contribution in [2.24, 2.45) is 11.0 Å². The Bertz CT molecular complexity index is 1760. The van der Waals surface area contributed by atoms with Crippen LogP contribution in [0.4, 0.5) is 14.5 Å². The number of rotatable bonds is 7. The minimum atomic E-state index is -2.94. The fourth-order valence-electron chi connectivity index (χ4n) is 5.53. The summed E-state index contributed by atoms with van der Waals surface area (Å²) in [5.41, 5.74) is 9.30. The predicted molar refractivity (Wildman–Crippen MR) is 157 cm³/mol. The number of piperazine rings is 1. The van der Waals surface area contributed by atoms with E-state index in [4.69, 9.17) is 4.42 Å². The van der Waals surface area contributed by atoms with Crippen LogP contribution in [-0.2, 0) is 4.79 Å². The number of carbonyl (C=O) groups excluding carboxylic acids is 2. The van der Waals surface area contributed by atoms with Gasteiger partial charge >= 0.3 is 0 Å². The van der Waals surface area contributed by atoms with Gasteiger partial charge in [-0.05, 0) is 35.9 Å². The molecule has 4 heterocycles. The van der Waals surface area contributed by atoms with Crippen LogP contribution < -0.4 is 16.3 Å². The SMILES string of the molecule is CN1N=C(C(c2ccccc2)N2CCN(C(=O)c3cc(-c4nc5cc(NC(=O)[C@@H]6CC6(F)F)ccc5o4)ccn3)CC2)NN1. The fourth-order valence-corrected chi connectivity index (χ4v) is 5.53. The first kappa shape index (κ1) is 27.9. The number of nitrogens with zero attached hydrogens (tertiary/aromatic N) is 6. The number of halogens is 2. The molecule has 2 atom stereocenters. The van der Waals surface area contributed by atoms with Crippen LogP contribution in [0.15, 0.2) is 76.4 Å². The number of hydrazine groups is 2. The number of hydrogen-bond donors (Lipinski definition) is 3. The first-order chi connectivity index (χ1) is 21.2. The monoisotopic (exact) mass is 601 g/mol. The number of alkyl halides is 2. The average Bonchev–Trinajstić information content (AvgIpc) is 3.32. The average molecular weight is 602 g/mol. The van der Waals surface area contributed by atoms with E-state index in [1.54, 1.807) is 40.3 Å². The van der Waals surface area contributed by atoms with Gasteiger partial charge < -0.3 is 14.6 Å². The van der Waals surface area contributed by atoms with Crippen LogP contribution in [0.2, 0.25) is 0 Å². The molecule has 2 aromatic carbocycles. The molecule has 2 fully saturated rings. The number of fused-ring (bicyclic) bond motifs is 1. The van der Waals surface area contributed by atoms with Gasteiger partial charge in [0.25, 0.3) is 11.8 Å². The predicted octanol–water partition coefficient (Wildman–Crippen LogP) is 3.25. The Balaban J connectivity index is 1.04. The summed E-state index contributed by atoms with van der Waals surface area (Å²) in [6.45, 7) is 2.29. The highest BCUT2D eigenvalue weighted by Crippen LogP contribution is 2.49. The highest BCUT2D eigenvalue weighted by Gasteiger charge is 2.61. The Morgan fingerprint density at radius 2 is 1.84 bits per heavy atom. The molecular formula is C30H29F2N9O3. The van der Waals surface area contributed by atoms with E-state index in [1.807, 2.05) is 25.2 Å². The number of pyridine rings is 1. The molecular weight excluding hydrogens is 572 g/mol. The zero-order chi connectivity index (χ0) is 30.4. The Kier molecular flexibility index (Phi) is 6.94. The number of nitrogens with one attached hydrogen (secondary N) is 3. The lowest BCUT2D eigenvalue weighted by Crippen LogP contribution is -2.52. The number of benzene rings is 2. The van der Waals surface area contributed by atoms with Crippen LogP contribution in [0.3, 0.4) is 0 Å². The van der Waals surface area contributed by atoms with Crippen molar-refractivity contribution in [3.05, 3.63) is 78.1 Å². The van der Waals surface area contributed by atoms with Crippen LogP contribution in [0.25, 0.3) is 22.6 Å². The molecule has 1 saturated heterocycles. The molecule has 1 unspecified atom stereocenters. The lowest BCUT2D eigenvalue weighted by Gasteiger charge is -2.39. The number of anilines is 1. The van der Waals surface area contributed by atoms with E-state index in [0.29, 0.717) is 48.5 Å². The zero-order valence-corrected chi connectivity index (χ0v) is 23.7. The summed E-state index contributed by atoms with van der Waals surface area (Å²) in [6, 6.07) is 18.1. The maximum absolute atomic E-state index is 13.5. The largest absolute Gasteiger partial charge is 0.436 e. The Hall–Kier alpha value is -4.95. The van der Waals surface area contributed by atoms with E-state index in [1.165, 1.54) is 6.20 Å². The molecule has 0 radical (unpaired) electrons. The minimum absolute atomic E-state index is 0.102. The van der Waals surface area contributed by atoms with Crippen LogP contribution in [0.5, 0.6) is 0 Å². The van der Waals surface area contributed by atoms with Crippen molar-refractivity contribution < 1.29 is 22.8 Å². The van der Waals surface area contributed by atoms with Crippen molar-refractivity contribution in [1.82, 2.24) is 35.8 Å². The van der Waals surface area contributed by atoms with Crippen LogP contribution in [-0.4, -0.2) is 81.7 Å². The third-order valence-electron chi connectivity index (χ3n) is 7.97. The summed E-state index contributed by atoms with van der Waals surface area (Å²) in [6.07, 6.45) is 1.10. The minimum Gasteiger partial charge on any atom is -0.436 e. The number of amidine groups is 1. The molecule has 1 aliphatic carbocycles. The number of aromatic nitrogens is 2. The van der Waals surface area contributed by atoms with E-state index < -0.39 is 24.2 Å². The molecule has 3 N–H and O–H groups in total. The smallest absolute Gasteiger partial charge is 0.272 e. The summed E-state index contributed by atoms with van der Waals surface area (Å²) in [4.78, 5) is 38.5. The third kappa shape index (κ3) is 5.44. The summed E-state index contributed by atoms with van der Waals surface area (Å²) in [5, 5.41) is 8.70. The maximum Gasteiger partial charge on any atom is 0.272 e. The van der Waals surface area contributed by atoms with Gasteiger partial charge in [0.2, 0.25) is 11.8 Å². The topological polar surface area (TPSA) is 131 Å². The summed E-state index contributed by atoms with van der Waals surface area (Å²) in [7, 11) is 1.82. The van der Waals surface area contributed by atoms with Gasteiger partial charge in [0.1, 0.15) is 17.1 Å². The standard InChI is InChI=1S/C30H29F2N9O3/c1-39-37-26(36-38-39)25(18-5-3-2-4-6-18)40-11-13-41(14-12-40)29(43)23-15-19(9-10-33-23)28-35-22-16-20(7-8-24(22)44-28)34-27(42)21-17-30(21,31)32/h2-10,15-16,21,25,38H,11-14,17H2,1H3,(H,34,42)(H,36,37)/t21-,25?/m0/s1. The van der Waals surface area contributed by atoms with Crippen LogP contribution in [0, 0.1) is 5.92 Å². The van der Waals surface area contributed by atoms with Gasteiger partial charge in [-0.2, -0.15) is 0 Å². The fraction of sp³-hybridized carbons (Fsp3) is 0.300. The molecule has 7 rings (SSSR count). The lowest BCUT2D eigenvalue weighted by molar-refractivity contribution is -0.119. The second-order valence-electron chi connectivity index (χ2n) is 11.0. The molecule has 3 aliphatic rings. The molecule has 226 valence electrons. The molecule has 14 heteroatoms. The second-order valence-corrected chi connectivity index (χ2v) is 11.0. The molecule has 0 bridgehead atoms. The lowest BCUT2D eigenvalue weighted by atomic mass is 10.0. The first-order valence-corrected chi connectivity index (χ1v) is 14.2. The summed E-state index contributed by atoms with van der Waals surface area (Å²) < 4.78 is 32.4. The van der Waals surface area contributed by atoms with Gasteiger partial charge in [-0.15, -0.1) is 10.6 Å². The Morgan fingerprint density at radius 1 is 1.07 bits per heavy atom. The molecule has 0 spiro atoms. The van der Waals surface area contributed by atoms with E-state index in [-0.39, 0.29) is 23.5 Å². The number of oxazole rings is 1. The Morgan fingerprint density at radius 3 is 2.55 bits per heavy atom. The van der Waals surface area contributed by atoms with Crippen molar-refractivity contribution in [1.29, 1.82) is 0 Å². The molecule has 12 nitrogen and oxygen atoms in total. The number of carbonyl (C=O) groups is 2. The van der Waals surface area contributed by atoms with Gasteiger partial charge in [-0.25, -0.2) is 18.9 Å². The molecule has 2 aromatic heterocycles. The molecule has 2 aliphatic heterocycles. The van der Waals surface area contributed by atoms with Gasteiger partial charge in [-0.1, -0.05) is 30.3 Å². The van der Waals surface area contributed by atoms with E-state index >= 15 is 0 Å². The second kappa shape index (κ2) is 11.0. The Labute approximate surface area is 250 Å². The molecule has 44 heavy (non-hydrogen) atoms. The van der Waals surface area contributed by atoms with Gasteiger partial charge in [0.15, 0.2) is 11.4 Å². The van der Waals surface area contributed by atoms with E-state index in [9.17, 15) is 18.4 Å². The number of hydrogen-bond acceptors (Lipinski definition) is 10. The molecule has 4 aromatic rings. The van der Waals surface area contributed by atoms with Crippen molar-refractivity contribution >= 4 is 34.4 Å². The quantitative estimate of drug-likeness (QED) is 0.292. The number of hydrazone groups is 1. The van der Waals surface area contributed by atoms with Gasteiger partial charge in [0.05, 0.1) is 6.04 Å². The van der Waals surface area contributed by atoms with Crippen molar-refractivity contribution in [2.75, 3.05) is 38.5 Å². The van der Waals surface area contributed by atoms with Gasteiger partial charge in [0, 0.05) is 57.1 Å². The normalized spacial score (nSPS) is 20.2. The summed E-state index contributed by atoms with van der Waals surface area (Å²) >= 11 is 0. The van der Waals surface area contributed by atoms with Gasteiger partial charge in [-0.3, -0.25) is 24.9 Å². The molecule has 1 saturated carbocycles. The maximum atomic E-state index is 13.5. The van der Waals surface area contributed by atoms with E-state index in [2.05, 4.69) is 48.4 Å². The van der Waals surface area contributed by atoms with Crippen LogP contribution in [0.1, 0.15) is 28.5 Å². The molecule has 2 amide bonds. The van der Waals surface area contributed by atoms with Crippen molar-refractivity contribution in [3.63, 3.8) is 0 Å². The summed E-state index contributed by atoms with van der Waals surface area (Å²) in [5.74, 6) is -4.11. The van der Waals surface area contributed by atoms with Crippen molar-refractivity contribution in [2.45, 2.75) is 18.4 Å². The third-order valence-corrected chi connectivity index (χ3v) is 7.97. The number of amides is 2. The van der Waals surface area contributed by atoms with E-state index in [0.717, 1.165) is 11.4 Å². The highest BCUT2D eigenvalue weighted by atomic mass is 19.3. The van der Waals surface area contributed by atoms with Crippen molar-refractivity contribution in [3.8, 4) is 11.5 Å². The zero-order valence-electron chi connectivity index (χ0n) is 23.7. The van der Waals surface area contributed by atoms with Crippen LogP contribution >= 0.6 is 0 Å².